The molecular formula is C16H15ClN2O2. The summed E-state index contributed by atoms with van der Waals surface area (Å²) >= 11 is 5.96. The van der Waals surface area contributed by atoms with Gasteiger partial charge in [0.1, 0.15) is 23.3 Å². The standard InChI is InChI=1S/C16H15ClN2O2/c1-19-10-11-5-14(20-2)8-15(6-11)21-16-7-13(17)4-3-12(16)9-18/h3-8,19H,10H2,1-2H3. The van der Waals surface area contributed by atoms with Crippen LogP contribution in [0.25, 0.3) is 0 Å². The highest BCUT2D eigenvalue weighted by molar-refractivity contribution is 6.30. The maximum atomic E-state index is 9.12. The first kappa shape index (κ1) is 15.2. The van der Waals surface area contributed by atoms with Gasteiger partial charge in [-0.25, -0.2) is 0 Å². The second-order valence-corrected chi connectivity index (χ2v) is 4.84. The number of nitrogens with zero attached hydrogens (tertiary/aromatic N) is 1. The summed E-state index contributed by atoms with van der Waals surface area (Å²) in [6.45, 7) is 0.689. The van der Waals surface area contributed by atoms with Crippen molar-refractivity contribution in [1.29, 1.82) is 5.26 Å². The summed E-state index contributed by atoms with van der Waals surface area (Å²) in [5, 5.41) is 12.7. The molecule has 0 spiro atoms. The Hall–Kier alpha value is -2.22. The minimum atomic E-state index is 0.425. The van der Waals surface area contributed by atoms with Gasteiger partial charge in [-0.2, -0.15) is 5.26 Å². The molecule has 108 valence electrons. The summed E-state index contributed by atoms with van der Waals surface area (Å²) < 4.78 is 11.1. The maximum absolute atomic E-state index is 9.12. The third kappa shape index (κ3) is 3.88. The summed E-state index contributed by atoms with van der Waals surface area (Å²) in [5.74, 6) is 1.71. The molecule has 0 saturated carbocycles. The Morgan fingerprint density at radius 1 is 1.19 bits per heavy atom. The van der Waals surface area contributed by atoms with E-state index in [2.05, 4.69) is 11.4 Å². The van der Waals surface area contributed by atoms with Crippen LogP contribution >= 0.6 is 11.6 Å². The fraction of sp³-hybridized carbons (Fsp3) is 0.188. The van der Waals surface area contributed by atoms with E-state index in [0.717, 1.165) is 5.56 Å². The molecule has 2 aromatic carbocycles. The van der Waals surface area contributed by atoms with E-state index >= 15 is 0 Å². The minimum absolute atomic E-state index is 0.425. The molecule has 4 nitrogen and oxygen atoms in total. The lowest BCUT2D eigenvalue weighted by molar-refractivity contribution is 0.408. The Balaban J connectivity index is 2.37. The van der Waals surface area contributed by atoms with Gasteiger partial charge in [-0.1, -0.05) is 11.6 Å². The Bertz CT molecular complexity index is 680. The number of hydrogen-bond acceptors (Lipinski definition) is 4. The summed E-state index contributed by atoms with van der Waals surface area (Å²) in [4.78, 5) is 0. The monoisotopic (exact) mass is 302 g/mol. The molecule has 2 aromatic rings. The van der Waals surface area contributed by atoms with Gasteiger partial charge in [0, 0.05) is 23.7 Å². The molecule has 2 rings (SSSR count). The lowest BCUT2D eigenvalue weighted by atomic mass is 10.2. The Labute approximate surface area is 128 Å². The van der Waals surface area contributed by atoms with Crippen molar-refractivity contribution in [3.63, 3.8) is 0 Å². The van der Waals surface area contributed by atoms with E-state index in [4.69, 9.17) is 26.3 Å². The van der Waals surface area contributed by atoms with E-state index in [1.54, 1.807) is 31.4 Å². The summed E-state index contributed by atoms with van der Waals surface area (Å²) in [7, 11) is 3.47. The molecule has 5 heteroatoms. The van der Waals surface area contributed by atoms with Crippen LogP contribution in [-0.4, -0.2) is 14.2 Å². The Morgan fingerprint density at radius 2 is 1.95 bits per heavy atom. The van der Waals surface area contributed by atoms with Crippen LogP contribution in [0, 0.1) is 11.3 Å². The number of ether oxygens (including phenoxy) is 2. The number of halogens is 1. The third-order valence-electron chi connectivity index (χ3n) is 2.85. The zero-order chi connectivity index (χ0) is 15.2. The number of methoxy groups -OCH3 is 1. The average molecular weight is 303 g/mol. The van der Waals surface area contributed by atoms with Gasteiger partial charge >= 0.3 is 0 Å². The van der Waals surface area contributed by atoms with Crippen molar-refractivity contribution in [2.24, 2.45) is 0 Å². The van der Waals surface area contributed by atoms with Crippen LogP contribution < -0.4 is 14.8 Å². The predicted octanol–water partition coefficient (Wildman–Crippen LogP) is 3.73. The van der Waals surface area contributed by atoms with Crippen molar-refractivity contribution in [1.82, 2.24) is 5.32 Å². The highest BCUT2D eigenvalue weighted by atomic mass is 35.5. The van der Waals surface area contributed by atoms with Gasteiger partial charge < -0.3 is 14.8 Å². The molecule has 0 aliphatic heterocycles. The first-order valence-electron chi connectivity index (χ1n) is 6.36. The fourth-order valence-corrected chi connectivity index (χ4v) is 2.08. The smallest absolute Gasteiger partial charge is 0.146 e. The zero-order valence-corrected chi connectivity index (χ0v) is 12.6. The first-order chi connectivity index (χ1) is 10.2. The van der Waals surface area contributed by atoms with E-state index in [1.165, 1.54) is 0 Å². The molecule has 0 bridgehead atoms. The maximum Gasteiger partial charge on any atom is 0.146 e. The highest BCUT2D eigenvalue weighted by Crippen LogP contribution is 2.31. The van der Waals surface area contributed by atoms with Crippen LogP contribution in [0.5, 0.6) is 17.2 Å². The SMILES string of the molecule is CNCc1cc(OC)cc(Oc2cc(Cl)ccc2C#N)c1. The molecule has 0 heterocycles. The van der Waals surface area contributed by atoms with E-state index in [9.17, 15) is 0 Å². The first-order valence-corrected chi connectivity index (χ1v) is 6.74. The molecular weight excluding hydrogens is 288 g/mol. The zero-order valence-electron chi connectivity index (χ0n) is 11.8. The topological polar surface area (TPSA) is 54.3 Å². The van der Waals surface area contributed by atoms with E-state index in [-0.39, 0.29) is 0 Å². The normalized spacial score (nSPS) is 10.0. The van der Waals surface area contributed by atoms with Gasteiger partial charge in [0.15, 0.2) is 0 Å². The van der Waals surface area contributed by atoms with Gasteiger partial charge in [0.25, 0.3) is 0 Å². The molecule has 0 atom stereocenters. The highest BCUT2D eigenvalue weighted by Gasteiger charge is 2.08. The van der Waals surface area contributed by atoms with Gasteiger partial charge in [0.05, 0.1) is 12.7 Å². The second-order valence-electron chi connectivity index (χ2n) is 4.40. The lowest BCUT2D eigenvalue weighted by Gasteiger charge is -2.11. The molecule has 0 aliphatic carbocycles. The molecule has 0 amide bonds. The molecule has 0 aromatic heterocycles. The van der Waals surface area contributed by atoms with Crippen molar-refractivity contribution in [3.8, 4) is 23.3 Å². The molecule has 21 heavy (non-hydrogen) atoms. The lowest BCUT2D eigenvalue weighted by Crippen LogP contribution is -2.05. The largest absolute Gasteiger partial charge is 0.497 e. The Kier molecular flexibility index (Phi) is 5.04. The summed E-state index contributed by atoms with van der Waals surface area (Å²) in [6.07, 6.45) is 0. The van der Waals surface area contributed by atoms with E-state index in [1.807, 2.05) is 19.2 Å². The number of rotatable bonds is 5. The van der Waals surface area contributed by atoms with Crippen LogP contribution in [0.4, 0.5) is 0 Å². The van der Waals surface area contributed by atoms with E-state index in [0.29, 0.717) is 34.4 Å². The Morgan fingerprint density at radius 3 is 2.62 bits per heavy atom. The van der Waals surface area contributed by atoms with Gasteiger partial charge in [-0.15, -0.1) is 0 Å². The number of nitriles is 1. The number of benzene rings is 2. The summed E-state index contributed by atoms with van der Waals surface area (Å²) in [6, 6.07) is 12.6. The third-order valence-corrected chi connectivity index (χ3v) is 3.08. The number of hydrogen-bond donors (Lipinski definition) is 1. The van der Waals surface area contributed by atoms with Gasteiger partial charge in [-0.3, -0.25) is 0 Å². The predicted molar refractivity (Wildman–Crippen MR) is 82.0 cm³/mol. The van der Waals surface area contributed by atoms with Gasteiger partial charge in [-0.05, 0) is 36.9 Å². The second kappa shape index (κ2) is 6.98. The molecule has 0 aliphatic rings. The summed E-state index contributed by atoms with van der Waals surface area (Å²) in [5.41, 5.74) is 1.45. The molecule has 1 N–H and O–H groups in total. The van der Waals surface area contributed by atoms with Crippen LogP contribution in [0.15, 0.2) is 36.4 Å². The van der Waals surface area contributed by atoms with Gasteiger partial charge in [0.2, 0.25) is 0 Å². The van der Waals surface area contributed by atoms with Crippen molar-refractivity contribution >= 4 is 11.6 Å². The van der Waals surface area contributed by atoms with Crippen LogP contribution in [0.3, 0.4) is 0 Å². The minimum Gasteiger partial charge on any atom is -0.497 e. The average Bonchev–Trinajstić information content (AvgIpc) is 2.47. The quantitative estimate of drug-likeness (QED) is 0.914. The molecule has 0 fully saturated rings. The van der Waals surface area contributed by atoms with Crippen LogP contribution in [0.1, 0.15) is 11.1 Å². The van der Waals surface area contributed by atoms with Crippen LogP contribution in [-0.2, 0) is 6.54 Å². The molecule has 0 unspecified atom stereocenters. The molecule has 0 saturated heterocycles. The van der Waals surface area contributed by atoms with E-state index < -0.39 is 0 Å². The molecule has 0 radical (unpaired) electrons. The van der Waals surface area contributed by atoms with Crippen molar-refractivity contribution < 1.29 is 9.47 Å². The van der Waals surface area contributed by atoms with Crippen molar-refractivity contribution in [2.75, 3.05) is 14.2 Å². The van der Waals surface area contributed by atoms with Crippen molar-refractivity contribution in [3.05, 3.63) is 52.5 Å². The fourth-order valence-electron chi connectivity index (χ4n) is 1.91. The number of nitrogens with one attached hydrogen (secondary N) is 1. The van der Waals surface area contributed by atoms with Crippen molar-refractivity contribution in [2.45, 2.75) is 6.54 Å². The van der Waals surface area contributed by atoms with Crippen LogP contribution in [0.2, 0.25) is 5.02 Å².